The summed E-state index contributed by atoms with van der Waals surface area (Å²) in [7, 11) is 0. The average molecular weight is 428 g/mol. The van der Waals surface area contributed by atoms with E-state index in [0.29, 0.717) is 5.17 Å². The average Bonchev–Trinajstić information content (AvgIpc) is 3.34. The van der Waals surface area contributed by atoms with Gasteiger partial charge in [0.05, 0.1) is 5.57 Å². The highest BCUT2D eigenvalue weighted by Crippen LogP contribution is 2.31. The SMILES string of the molecule is CCC1=NN2C(=N)/C(=C\c3cn(Cc4ccccc4C)c4ccccc34)C(=O)N=C2S1. The molecule has 0 unspecified atom stereocenters. The van der Waals surface area contributed by atoms with Gasteiger partial charge in [0.1, 0.15) is 5.04 Å². The van der Waals surface area contributed by atoms with Crippen molar-refractivity contribution >= 4 is 50.7 Å². The van der Waals surface area contributed by atoms with E-state index in [1.54, 1.807) is 6.08 Å². The Morgan fingerprint density at radius 2 is 1.90 bits per heavy atom. The number of amides is 1. The largest absolute Gasteiger partial charge is 0.342 e. The first-order valence-electron chi connectivity index (χ1n) is 10.2. The molecule has 3 heterocycles. The van der Waals surface area contributed by atoms with Crippen LogP contribution in [0, 0.1) is 12.3 Å². The Balaban J connectivity index is 1.58. The molecule has 1 amide bonds. The van der Waals surface area contributed by atoms with E-state index in [1.165, 1.54) is 27.9 Å². The highest BCUT2D eigenvalue weighted by Gasteiger charge is 2.35. The molecular formula is C24H21N5OS. The fourth-order valence-corrected chi connectivity index (χ4v) is 4.65. The molecule has 2 aliphatic rings. The lowest BCUT2D eigenvalue weighted by Crippen LogP contribution is -2.35. The number of hydrazone groups is 1. The molecule has 1 N–H and O–H groups in total. The van der Waals surface area contributed by atoms with Crippen molar-refractivity contribution in [3.05, 3.63) is 77.0 Å². The zero-order chi connectivity index (χ0) is 21.5. The fraction of sp³-hybridized carbons (Fsp3) is 0.167. The second kappa shape index (κ2) is 7.67. The quantitative estimate of drug-likeness (QED) is 0.594. The minimum Gasteiger partial charge on any atom is -0.342 e. The van der Waals surface area contributed by atoms with Crippen molar-refractivity contribution in [1.29, 1.82) is 5.41 Å². The smallest absolute Gasteiger partial charge is 0.283 e. The number of amidine groups is 2. The molecule has 0 saturated carbocycles. The van der Waals surface area contributed by atoms with Gasteiger partial charge in [0.2, 0.25) is 5.17 Å². The van der Waals surface area contributed by atoms with Crippen LogP contribution in [0.2, 0.25) is 0 Å². The first-order chi connectivity index (χ1) is 15.0. The summed E-state index contributed by atoms with van der Waals surface area (Å²) in [5, 5.41) is 16.8. The van der Waals surface area contributed by atoms with E-state index in [1.807, 2.05) is 43.5 Å². The highest BCUT2D eigenvalue weighted by molar-refractivity contribution is 8.26. The lowest BCUT2D eigenvalue weighted by molar-refractivity contribution is -0.114. The van der Waals surface area contributed by atoms with Crippen LogP contribution < -0.4 is 0 Å². The molecule has 0 bridgehead atoms. The predicted octanol–water partition coefficient (Wildman–Crippen LogP) is 5.03. The zero-order valence-corrected chi connectivity index (χ0v) is 18.1. The monoisotopic (exact) mass is 427 g/mol. The molecule has 5 rings (SSSR count). The first kappa shape index (κ1) is 19.5. The number of nitrogens with one attached hydrogen (secondary N) is 1. The molecule has 2 aromatic carbocycles. The predicted molar refractivity (Wildman–Crippen MR) is 128 cm³/mol. The van der Waals surface area contributed by atoms with E-state index in [-0.39, 0.29) is 11.4 Å². The third-order valence-electron chi connectivity index (χ3n) is 5.52. The molecule has 0 saturated heterocycles. The van der Waals surface area contributed by atoms with Crippen molar-refractivity contribution < 1.29 is 4.79 Å². The van der Waals surface area contributed by atoms with Crippen molar-refractivity contribution in [1.82, 2.24) is 9.58 Å². The van der Waals surface area contributed by atoms with E-state index in [4.69, 9.17) is 5.41 Å². The topological polar surface area (TPSA) is 73.8 Å². The maximum Gasteiger partial charge on any atom is 0.283 e. The maximum absolute atomic E-state index is 12.7. The Kier molecular flexibility index (Phi) is 4.82. The van der Waals surface area contributed by atoms with Gasteiger partial charge in [0, 0.05) is 29.2 Å². The van der Waals surface area contributed by atoms with Gasteiger partial charge in [-0.15, -0.1) is 0 Å². The van der Waals surface area contributed by atoms with Gasteiger partial charge < -0.3 is 4.57 Å². The van der Waals surface area contributed by atoms with Gasteiger partial charge in [-0.3, -0.25) is 10.2 Å². The minimum atomic E-state index is -0.396. The summed E-state index contributed by atoms with van der Waals surface area (Å²) in [6.45, 7) is 4.84. The molecule has 0 atom stereocenters. The van der Waals surface area contributed by atoms with Crippen molar-refractivity contribution in [3.63, 3.8) is 0 Å². The lowest BCUT2D eigenvalue weighted by Gasteiger charge is -2.20. The number of fused-ring (bicyclic) bond motifs is 2. The second-order valence-electron chi connectivity index (χ2n) is 7.52. The van der Waals surface area contributed by atoms with E-state index in [9.17, 15) is 4.79 Å². The number of thioether (sulfide) groups is 1. The Hall–Kier alpha value is -3.45. The van der Waals surface area contributed by atoms with Gasteiger partial charge in [-0.05, 0) is 48.4 Å². The molecule has 0 fully saturated rings. The zero-order valence-electron chi connectivity index (χ0n) is 17.3. The third kappa shape index (κ3) is 3.41. The number of nitrogens with zero attached hydrogens (tertiary/aromatic N) is 4. The van der Waals surface area contributed by atoms with E-state index in [0.717, 1.165) is 34.5 Å². The molecule has 154 valence electrons. The number of hydrogen-bond donors (Lipinski definition) is 1. The first-order valence-corrected chi connectivity index (χ1v) is 11.0. The van der Waals surface area contributed by atoms with Crippen LogP contribution in [0.5, 0.6) is 0 Å². The van der Waals surface area contributed by atoms with Gasteiger partial charge in [0.15, 0.2) is 5.84 Å². The van der Waals surface area contributed by atoms with E-state index >= 15 is 0 Å². The number of carbonyl (C=O) groups is 1. The molecule has 7 heteroatoms. The van der Waals surface area contributed by atoms with Crippen LogP contribution in [0.4, 0.5) is 0 Å². The number of rotatable bonds is 4. The number of carbonyl (C=O) groups excluding carboxylic acids is 1. The molecule has 31 heavy (non-hydrogen) atoms. The van der Waals surface area contributed by atoms with Crippen LogP contribution in [-0.4, -0.2) is 31.5 Å². The van der Waals surface area contributed by atoms with Crippen LogP contribution in [0.1, 0.15) is 30.0 Å². The van der Waals surface area contributed by atoms with Crippen molar-refractivity contribution in [2.75, 3.05) is 0 Å². The normalized spacial score (nSPS) is 17.4. The molecule has 3 aromatic rings. The van der Waals surface area contributed by atoms with Crippen LogP contribution in [0.15, 0.2) is 70.4 Å². The van der Waals surface area contributed by atoms with Gasteiger partial charge in [-0.2, -0.15) is 15.1 Å². The Morgan fingerprint density at radius 3 is 2.71 bits per heavy atom. The van der Waals surface area contributed by atoms with Crippen LogP contribution >= 0.6 is 11.8 Å². The van der Waals surface area contributed by atoms with Gasteiger partial charge in [-0.1, -0.05) is 49.4 Å². The van der Waals surface area contributed by atoms with Gasteiger partial charge in [0.25, 0.3) is 5.91 Å². The summed E-state index contributed by atoms with van der Waals surface area (Å²) in [4.78, 5) is 16.9. The van der Waals surface area contributed by atoms with Crippen LogP contribution in [-0.2, 0) is 11.3 Å². The number of para-hydroxylation sites is 1. The molecule has 6 nitrogen and oxygen atoms in total. The summed E-state index contributed by atoms with van der Waals surface area (Å²) < 4.78 is 2.19. The minimum absolute atomic E-state index is 0.0710. The summed E-state index contributed by atoms with van der Waals surface area (Å²) in [6, 6.07) is 16.5. The lowest BCUT2D eigenvalue weighted by atomic mass is 10.1. The molecule has 0 radical (unpaired) electrons. The number of aromatic nitrogens is 1. The van der Waals surface area contributed by atoms with Crippen molar-refractivity contribution in [2.45, 2.75) is 26.8 Å². The van der Waals surface area contributed by atoms with Crippen LogP contribution in [0.25, 0.3) is 17.0 Å². The summed E-state index contributed by atoms with van der Waals surface area (Å²) in [5.41, 5.74) is 4.71. The maximum atomic E-state index is 12.7. The van der Waals surface area contributed by atoms with Crippen molar-refractivity contribution in [3.8, 4) is 0 Å². The fourth-order valence-electron chi connectivity index (χ4n) is 3.82. The molecular weight excluding hydrogens is 406 g/mol. The number of aliphatic imine (C=N–C) groups is 1. The summed E-state index contributed by atoms with van der Waals surface area (Å²) >= 11 is 1.35. The van der Waals surface area contributed by atoms with E-state index < -0.39 is 5.91 Å². The van der Waals surface area contributed by atoms with Crippen LogP contribution in [0.3, 0.4) is 0 Å². The Labute approximate surface area is 184 Å². The van der Waals surface area contributed by atoms with E-state index in [2.05, 4.69) is 39.8 Å². The Morgan fingerprint density at radius 1 is 1.13 bits per heavy atom. The summed E-state index contributed by atoms with van der Waals surface area (Å²) in [5.74, 6) is -0.325. The third-order valence-corrected chi connectivity index (χ3v) is 6.57. The van der Waals surface area contributed by atoms with Crippen molar-refractivity contribution in [2.24, 2.45) is 10.1 Å². The number of benzene rings is 2. The molecule has 0 spiro atoms. The van der Waals surface area contributed by atoms with Gasteiger partial charge >= 0.3 is 0 Å². The summed E-state index contributed by atoms with van der Waals surface area (Å²) in [6.07, 6.45) is 4.56. The second-order valence-corrected chi connectivity index (χ2v) is 8.56. The van der Waals surface area contributed by atoms with Gasteiger partial charge in [-0.25, -0.2) is 0 Å². The molecule has 2 aliphatic heterocycles. The Bertz CT molecular complexity index is 1330. The number of aryl methyl sites for hydroxylation is 1. The number of hydrogen-bond acceptors (Lipinski definition) is 4. The standard InChI is InChI=1S/C24H21N5OS/c1-3-21-27-29-22(25)19(23(30)26-24(29)31-21)12-17-14-28(20-11-7-6-10-18(17)20)13-16-9-5-4-8-15(16)2/h4-12,14,25H,3,13H2,1-2H3/b19-12+,25-22?. The highest BCUT2D eigenvalue weighted by atomic mass is 32.2. The molecule has 1 aromatic heterocycles. The molecule has 0 aliphatic carbocycles.